The molecule has 2 fully saturated rings. The summed E-state index contributed by atoms with van der Waals surface area (Å²) >= 11 is 0. The topological polar surface area (TPSA) is 91.3 Å². The zero-order chi connectivity index (χ0) is 19.7. The van der Waals surface area contributed by atoms with E-state index in [9.17, 15) is 15.0 Å². The van der Waals surface area contributed by atoms with E-state index in [2.05, 4.69) is 17.3 Å². The zero-order valence-electron chi connectivity index (χ0n) is 16.4. The third kappa shape index (κ3) is 2.07. The highest BCUT2D eigenvalue weighted by atomic mass is 16.5. The predicted molar refractivity (Wildman–Crippen MR) is 102 cm³/mol. The van der Waals surface area contributed by atoms with Crippen LogP contribution in [0.2, 0.25) is 0 Å². The zero-order valence-corrected chi connectivity index (χ0v) is 16.4. The van der Waals surface area contributed by atoms with Gasteiger partial charge < -0.3 is 29.9 Å². The third-order valence-electron chi connectivity index (χ3n) is 7.61. The molecule has 0 radical (unpaired) electrons. The van der Waals surface area contributed by atoms with Gasteiger partial charge in [-0.25, -0.2) is 0 Å². The van der Waals surface area contributed by atoms with Crippen molar-refractivity contribution in [2.24, 2.45) is 0 Å². The van der Waals surface area contributed by atoms with Crippen molar-refractivity contribution < 1.29 is 24.5 Å². The van der Waals surface area contributed by atoms with Gasteiger partial charge in [-0.05, 0) is 57.8 Å². The van der Waals surface area contributed by atoms with E-state index in [0.29, 0.717) is 12.4 Å². The SMILES string of the molecule is CCO[C@@]12CC[C@H](NCC(=O)O)[C@@H]3Oc4c(O)ccc5c4[C@@]31CCN(C)[C@@H]2C5. The summed E-state index contributed by atoms with van der Waals surface area (Å²) in [5, 5.41) is 23.0. The maximum absolute atomic E-state index is 11.2. The van der Waals surface area contributed by atoms with Crippen molar-refractivity contribution in [1.82, 2.24) is 10.2 Å². The molecule has 5 atom stereocenters. The maximum atomic E-state index is 11.2. The van der Waals surface area contributed by atoms with Crippen molar-refractivity contribution in [3.8, 4) is 11.5 Å². The van der Waals surface area contributed by atoms with Crippen LogP contribution >= 0.6 is 0 Å². The number of hydrogen-bond donors (Lipinski definition) is 3. The number of aromatic hydroxyl groups is 1. The van der Waals surface area contributed by atoms with Crippen molar-refractivity contribution >= 4 is 5.97 Å². The Bertz CT molecular complexity index is 829. The monoisotopic (exact) mass is 388 g/mol. The van der Waals surface area contributed by atoms with E-state index < -0.39 is 5.97 Å². The molecule has 7 nitrogen and oxygen atoms in total. The van der Waals surface area contributed by atoms with E-state index in [1.807, 2.05) is 13.0 Å². The second-order valence-electron chi connectivity index (χ2n) is 8.65. The van der Waals surface area contributed by atoms with Gasteiger partial charge in [-0.1, -0.05) is 6.07 Å². The number of phenolic OH excluding ortho intramolecular Hbond substituents is 1. The van der Waals surface area contributed by atoms with Crippen molar-refractivity contribution in [2.75, 3.05) is 26.7 Å². The van der Waals surface area contributed by atoms with Gasteiger partial charge in [0, 0.05) is 24.3 Å². The second kappa shape index (κ2) is 6.08. The molecule has 3 N–H and O–H groups in total. The van der Waals surface area contributed by atoms with Gasteiger partial charge in [0.1, 0.15) is 6.10 Å². The lowest BCUT2D eigenvalue weighted by Crippen LogP contribution is -2.78. The summed E-state index contributed by atoms with van der Waals surface area (Å²) < 4.78 is 13.1. The molecule has 0 aromatic heterocycles. The van der Waals surface area contributed by atoms with E-state index in [4.69, 9.17) is 9.47 Å². The molecule has 2 aliphatic heterocycles. The molecule has 152 valence electrons. The van der Waals surface area contributed by atoms with Crippen molar-refractivity contribution in [3.63, 3.8) is 0 Å². The molecule has 0 amide bonds. The summed E-state index contributed by atoms with van der Waals surface area (Å²) in [7, 11) is 2.17. The van der Waals surface area contributed by atoms with Crippen molar-refractivity contribution in [1.29, 1.82) is 0 Å². The summed E-state index contributed by atoms with van der Waals surface area (Å²) in [6, 6.07) is 3.91. The first-order valence-electron chi connectivity index (χ1n) is 10.3. The minimum absolute atomic E-state index is 0.0912. The number of nitrogens with one attached hydrogen (secondary N) is 1. The first-order valence-corrected chi connectivity index (χ1v) is 10.3. The molecule has 2 heterocycles. The first kappa shape index (κ1) is 18.2. The quantitative estimate of drug-likeness (QED) is 0.700. The Kier molecular flexibility index (Phi) is 3.96. The normalized spacial score (nSPS) is 38.0. The van der Waals surface area contributed by atoms with Crippen LogP contribution in [0.5, 0.6) is 11.5 Å². The van der Waals surface area contributed by atoms with Gasteiger partial charge in [0.05, 0.1) is 17.6 Å². The predicted octanol–water partition coefficient (Wildman–Crippen LogP) is 1.26. The number of nitrogens with zero attached hydrogens (tertiary/aromatic N) is 1. The number of ether oxygens (including phenoxy) is 2. The average molecular weight is 388 g/mol. The Labute approximate surface area is 164 Å². The molecular formula is C21H28N2O5. The number of likely N-dealkylation sites (N-methyl/N-ethyl adjacent to an activating group) is 1. The highest BCUT2D eigenvalue weighted by Crippen LogP contribution is 2.66. The second-order valence-corrected chi connectivity index (χ2v) is 8.65. The van der Waals surface area contributed by atoms with E-state index in [0.717, 1.165) is 37.8 Å². The summed E-state index contributed by atoms with van der Waals surface area (Å²) in [6.45, 7) is 3.50. The molecule has 5 rings (SSSR count). The summed E-state index contributed by atoms with van der Waals surface area (Å²) in [5.41, 5.74) is 1.58. The smallest absolute Gasteiger partial charge is 0.317 e. The Balaban J connectivity index is 1.71. The van der Waals surface area contributed by atoms with Gasteiger partial charge in [0.15, 0.2) is 11.5 Å². The van der Waals surface area contributed by atoms with Crippen LogP contribution in [0.4, 0.5) is 0 Å². The molecule has 2 bridgehead atoms. The highest BCUT2D eigenvalue weighted by Gasteiger charge is 2.73. The lowest BCUT2D eigenvalue weighted by molar-refractivity contribution is -0.214. The van der Waals surface area contributed by atoms with Crippen LogP contribution in [0.15, 0.2) is 12.1 Å². The number of phenols is 1. The number of aliphatic carboxylic acids is 1. The fourth-order valence-corrected chi connectivity index (χ4v) is 6.70. The Morgan fingerprint density at radius 2 is 2.25 bits per heavy atom. The van der Waals surface area contributed by atoms with Gasteiger partial charge in [0.25, 0.3) is 0 Å². The van der Waals surface area contributed by atoms with Crippen molar-refractivity contribution in [2.45, 2.75) is 61.8 Å². The molecule has 0 unspecified atom stereocenters. The Hall–Kier alpha value is -1.83. The van der Waals surface area contributed by atoms with Gasteiger partial charge in [-0.2, -0.15) is 0 Å². The Morgan fingerprint density at radius 3 is 3.00 bits per heavy atom. The molecule has 2 aliphatic carbocycles. The lowest BCUT2D eigenvalue weighted by atomic mass is 9.48. The Morgan fingerprint density at radius 1 is 1.43 bits per heavy atom. The number of carboxylic acid groups (broad SMARTS) is 1. The van der Waals surface area contributed by atoms with E-state index in [1.165, 1.54) is 5.56 Å². The number of likely N-dealkylation sites (tertiary alicyclic amines) is 1. The molecule has 1 saturated heterocycles. The number of hydrogen-bond acceptors (Lipinski definition) is 6. The molecule has 7 heteroatoms. The lowest BCUT2D eigenvalue weighted by Gasteiger charge is -2.65. The molecule has 4 aliphatic rings. The summed E-state index contributed by atoms with van der Waals surface area (Å²) in [6.07, 6.45) is 3.14. The van der Waals surface area contributed by atoms with Crippen LogP contribution < -0.4 is 10.1 Å². The number of carbonyl (C=O) groups is 1. The molecule has 1 aromatic carbocycles. The van der Waals surface area contributed by atoms with E-state index in [-0.39, 0.29) is 41.5 Å². The van der Waals surface area contributed by atoms with Crippen LogP contribution in [-0.2, 0) is 21.4 Å². The van der Waals surface area contributed by atoms with Crippen molar-refractivity contribution in [3.05, 3.63) is 23.3 Å². The average Bonchev–Trinajstić information content (AvgIpc) is 3.01. The maximum Gasteiger partial charge on any atom is 0.317 e. The minimum Gasteiger partial charge on any atom is -0.504 e. The number of rotatable bonds is 5. The number of piperidine rings is 1. The van der Waals surface area contributed by atoms with E-state index >= 15 is 0 Å². The van der Waals surface area contributed by atoms with Gasteiger partial charge >= 0.3 is 5.97 Å². The van der Waals surface area contributed by atoms with Crippen LogP contribution in [0.1, 0.15) is 37.3 Å². The number of benzene rings is 1. The fourth-order valence-electron chi connectivity index (χ4n) is 6.70. The standard InChI is InChI=1S/C21H28N2O5/c1-3-27-21-7-6-13(22-11-16(25)26)19-20(21)8-9-23(2)15(21)10-12-4-5-14(24)18(28-19)17(12)20/h4-5,13,15,19,22,24H,3,6-11H2,1-2H3,(H,25,26)/t13-,15+,19-,20-,21+/m0/s1. The van der Waals surface area contributed by atoms with Crippen LogP contribution in [-0.4, -0.2) is 71.6 Å². The molecule has 28 heavy (non-hydrogen) atoms. The summed E-state index contributed by atoms with van der Waals surface area (Å²) in [4.78, 5) is 13.6. The number of carboxylic acids is 1. The van der Waals surface area contributed by atoms with Crippen LogP contribution in [0, 0.1) is 0 Å². The third-order valence-corrected chi connectivity index (χ3v) is 7.61. The highest BCUT2D eigenvalue weighted by molar-refractivity contribution is 5.69. The minimum atomic E-state index is -0.872. The molecule has 1 aromatic rings. The van der Waals surface area contributed by atoms with Crippen LogP contribution in [0.3, 0.4) is 0 Å². The largest absolute Gasteiger partial charge is 0.504 e. The first-order chi connectivity index (χ1) is 13.4. The van der Waals surface area contributed by atoms with Gasteiger partial charge in [-0.15, -0.1) is 0 Å². The molecule has 1 saturated carbocycles. The molecule has 1 spiro atoms. The van der Waals surface area contributed by atoms with Gasteiger partial charge in [-0.3, -0.25) is 4.79 Å². The molecular weight excluding hydrogens is 360 g/mol. The van der Waals surface area contributed by atoms with E-state index in [1.54, 1.807) is 6.07 Å². The fraction of sp³-hybridized carbons (Fsp3) is 0.667. The van der Waals surface area contributed by atoms with Crippen LogP contribution in [0.25, 0.3) is 0 Å². The van der Waals surface area contributed by atoms with Gasteiger partial charge in [0.2, 0.25) is 0 Å². The summed E-state index contributed by atoms with van der Waals surface area (Å²) in [5.74, 6) is -0.121.